The van der Waals surface area contributed by atoms with E-state index < -0.39 is 0 Å². The fraction of sp³-hybridized carbons (Fsp3) is 0.429. The Hall–Kier alpha value is -0.480. The van der Waals surface area contributed by atoms with E-state index in [0.717, 1.165) is 10.8 Å². The average Bonchev–Trinajstić information content (AvgIpc) is 2.41. The van der Waals surface area contributed by atoms with Crippen molar-refractivity contribution in [2.24, 2.45) is 5.84 Å². The molecule has 1 unspecified atom stereocenters. The molecule has 4 heteroatoms. The smallest absolute Gasteiger partial charge is 0.0513 e. The third-order valence-corrected chi connectivity index (χ3v) is 4.51. The van der Waals surface area contributed by atoms with Crippen molar-refractivity contribution in [2.75, 3.05) is 5.75 Å². The van der Waals surface area contributed by atoms with Crippen LogP contribution in [0.3, 0.4) is 0 Å². The number of allylic oxidation sites excluding steroid dienone is 1. The number of nitrogens with one attached hydrogen (secondary N) is 1. The molecule has 0 fully saturated rings. The zero-order valence-electron chi connectivity index (χ0n) is 10.4. The van der Waals surface area contributed by atoms with Crippen molar-refractivity contribution in [2.45, 2.75) is 36.6 Å². The molecule has 1 aromatic carbocycles. The van der Waals surface area contributed by atoms with Crippen molar-refractivity contribution in [1.29, 1.82) is 0 Å². The minimum Gasteiger partial charge on any atom is -0.271 e. The van der Waals surface area contributed by atoms with E-state index in [0.29, 0.717) is 0 Å². The maximum absolute atomic E-state index is 5.98. The molecule has 0 bridgehead atoms. The van der Waals surface area contributed by atoms with Crippen LogP contribution in [0.4, 0.5) is 0 Å². The number of thioether (sulfide) groups is 1. The van der Waals surface area contributed by atoms with Crippen LogP contribution in [0.1, 0.15) is 25.7 Å². The van der Waals surface area contributed by atoms with E-state index in [-0.39, 0.29) is 6.04 Å². The number of hydrogen-bond acceptors (Lipinski definition) is 3. The number of rotatable bonds is 5. The minimum atomic E-state index is 0.272. The van der Waals surface area contributed by atoms with E-state index in [2.05, 4.69) is 17.6 Å². The Bertz CT molecular complexity index is 420. The fourth-order valence-corrected chi connectivity index (χ4v) is 3.49. The molecular weight excluding hydrogens is 264 g/mol. The predicted molar refractivity (Wildman–Crippen MR) is 79.8 cm³/mol. The van der Waals surface area contributed by atoms with Crippen LogP contribution in [0.5, 0.6) is 0 Å². The monoisotopic (exact) mass is 282 g/mol. The molecule has 0 saturated carbocycles. The topological polar surface area (TPSA) is 38.0 Å². The lowest BCUT2D eigenvalue weighted by Crippen LogP contribution is -2.38. The summed E-state index contributed by atoms with van der Waals surface area (Å²) in [7, 11) is 0. The van der Waals surface area contributed by atoms with E-state index in [1.54, 1.807) is 11.8 Å². The van der Waals surface area contributed by atoms with E-state index >= 15 is 0 Å². The normalized spacial score (nSPS) is 17.3. The summed E-state index contributed by atoms with van der Waals surface area (Å²) in [5.41, 5.74) is 4.39. The number of nitrogens with two attached hydrogens (primary N) is 1. The third-order valence-electron chi connectivity index (χ3n) is 3.19. The van der Waals surface area contributed by atoms with Gasteiger partial charge < -0.3 is 0 Å². The second-order valence-electron chi connectivity index (χ2n) is 4.51. The van der Waals surface area contributed by atoms with Crippen LogP contribution < -0.4 is 11.3 Å². The van der Waals surface area contributed by atoms with Crippen LogP contribution in [0.25, 0.3) is 0 Å². The molecule has 0 spiro atoms. The van der Waals surface area contributed by atoms with Crippen molar-refractivity contribution in [3.63, 3.8) is 0 Å². The number of benzene rings is 1. The van der Waals surface area contributed by atoms with E-state index in [4.69, 9.17) is 17.4 Å². The molecule has 2 nitrogen and oxygen atoms in total. The molecule has 18 heavy (non-hydrogen) atoms. The van der Waals surface area contributed by atoms with Gasteiger partial charge in [-0.2, -0.15) is 0 Å². The molecule has 1 aliphatic rings. The Balaban J connectivity index is 1.92. The average molecular weight is 283 g/mol. The first kappa shape index (κ1) is 13.9. The van der Waals surface area contributed by atoms with E-state index in [1.165, 1.54) is 36.2 Å². The lowest BCUT2D eigenvalue weighted by atomic mass is 9.95. The van der Waals surface area contributed by atoms with Gasteiger partial charge in [-0.25, -0.2) is 0 Å². The highest BCUT2D eigenvalue weighted by molar-refractivity contribution is 7.99. The molecule has 0 saturated heterocycles. The predicted octanol–water partition coefficient (Wildman–Crippen LogP) is 3.76. The molecule has 3 N–H and O–H groups in total. The van der Waals surface area contributed by atoms with E-state index in [9.17, 15) is 0 Å². The molecular formula is C14H19ClN2S. The Morgan fingerprint density at radius 3 is 2.94 bits per heavy atom. The van der Waals surface area contributed by atoms with Crippen molar-refractivity contribution < 1.29 is 0 Å². The third kappa shape index (κ3) is 4.02. The Morgan fingerprint density at radius 1 is 1.39 bits per heavy atom. The molecule has 1 aromatic rings. The molecule has 2 rings (SSSR count). The zero-order chi connectivity index (χ0) is 12.8. The molecule has 0 aliphatic heterocycles. The van der Waals surface area contributed by atoms with Crippen molar-refractivity contribution in [1.82, 2.24) is 5.43 Å². The first-order valence-electron chi connectivity index (χ1n) is 6.33. The molecule has 0 amide bonds. The molecule has 1 atom stereocenters. The van der Waals surface area contributed by atoms with Crippen LogP contribution in [0.15, 0.2) is 40.8 Å². The van der Waals surface area contributed by atoms with Gasteiger partial charge in [-0.1, -0.05) is 29.3 Å². The quantitative estimate of drug-likeness (QED) is 0.374. The van der Waals surface area contributed by atoms with Gasteiger partial charge in [0.05, 0.1) is 6.04 Å². The number of hydrazine groups is 1. The zero-order valence-corrected chi connectivity index (χ0v) is 11.9. The van der Waals surface area contributed by atoms with Gasteiger partial charge in [0, 0.05) is 15.7 Å². The first-order chi connectivity index (χ1) is 8.79. The fourth-order valence-electron chi connectivity index (χ4n) is 2.18. The van der Waals surface area contributed by atoms with Crippen molar-refractivity contribution in [3.8, 4) is 0 Å². The summed E-state index contributed by atoms with van der Waals surface area (Å²) in [6.45, 7) is 0. The van der Waals surface area contributed by atoms with Crippen LogP contribution in [0.2, 0.25) is 5.02 Å². The van der Waals surface area contributed by atoms with Crippen molar-refractivity contribution >= 4 is 23.4 Å². The van der Waals surface area contributed by atoms with Gasteiger partial charge in [-0.15, -0.1) is 11.8 Å². The summed E-state index contributed by atoms with van der Waals surface area (Å²) < 4.78 is 0. The summed E-state index contributed by atoms with van der Waals surface area (Å²) in [5.74, 6) is 6.61. The highest BCUT2D eigenvalue weighted by atomic mass is 35.5. The van der Waals surface area contributed by atoms with Gasteiger partial charge in [0.2, 0.25) is 0 Å². The molecule has 98 valence electrons. The summed E-state index contributed by atoms with van der Waals surface area (Å²) in [6, 6.07) is 8.23. The lowest BCUT2D eigenvalue weighted by molar-refractivity contribution is 0.582. The standard InChI is InChI=1S/C14H19ClN2S/c15-12-7-4-8-13(9-12)18-10-14(17-16)11-5-2-1-3-6-11/h4-5,7-9,14,17H,1-3,6,10,16H2. The second kappa shape index (κ2) is 7.19. The van der Waals surface area contributed by atoms with Crippen LogP contribution in [-0.2, 0) is 0 Å². The maximum Gasteiger partial charge on any atom is 0.0513 e. The second-order valence-corrected chi connectivity index (χ2v) is 6.04. The van der Waals surface area contributed by atoms with Gasteiger partial charge in [-0.05, 0) is 43.9 Å². The summed E-state index contributed by atoms with van der Waals surface area (Å²) in [4.78, 5) is 1.19. The van der Waals surface area contributed by atoms with Crippen LogP contribution >= 0.6 is 23.4 Å². The Kier molecular flexibility index (Phi) is 5.57. The number of hydrogen-bond donors (Lipinski definition) is 2. The highest BCUT2D eigenvalue weighted by Gasteiger charge is 2.15. The van der Waals surface area contributed by atoms with Crippen LogP contribution in [-0.4, -0.2) is 11.8 Å². The SMILES string of the molecule is NNC(CSc1cccc(Cl)c1)C1=CCCCC1. The van der Waals surface area contributed by atoms with Gasteiger partial charge in [-0.3, -0.25) is 11.3 Å². The Labute approximate surface area is 118 Å². The maximum atomic E-state index is 5.98. The van der Waals surface area contributed by atoms with Gasteiger partial charge >= 0.3 is 0 Å². The summed E-state index contributed by atoms with van der Waals surface area (Å²) in [5, 5.41) is 0.786. The highest BCUT2D eigenvalue weighted by Crippen LogP contribution is 2.26. The van der Waals surface area contributed by atoms with Gasteiger partial charge in [0.15, 0.2) is 0 Å². The van der Waals surface area contributed by atoms with E-state index in [1.807, 2.05) is 18.2 Å². The molecule has 1 aliphatic carbocycles. The van der Waals surface area contributed by atoms with Gasteiger partial charge in [0.1, 0.15) is 0 Å². The number of halogens is 1. The Morgan fingerprint density at radius 2 is 2.28 bits per heavy atom. The van der Waals surface area contributed by atoms with Crippen molar-refractivity contribution in [3.05, 3.63) is 40.9 Å². The molecule has 0 heterocycles. The molecule has 0 radical (unpaired) electrons. The first-order valence-corrected chi connectivity index (χ1v) is 7.69. The van der Waals surface area contributed by atoms with Gasteiger partial charge in [0.25, 0.3) is 0 Å². The largest absolute Gasteiger partial charge is 0.271 e. The summed E-state index contributed by atoms with van der Waals surface area (Å²) >= 11 is 7.77. The molecule has 0 aromatic heterocycles. The van der Waals surface area contributed by atoms with Crippen LogP contribution in [0, 0.1) is 0 Å². The summed E-state index contributed by atoms with van der Waals surface area (Å²) in [6.07, 6.45) is 7.29. The minimum absolute atomic E-state index is 0.272. The lowest BCUT2D eigenvalue weighted by Gasteiger charge is -2.22.